The highest BCUT2D eigenvalue weighted by molar-refractivity contribution is 5.95. The van der Waals surface area contributed by atoms with Crippen LogP contribution in [0.3, 0.4) is 0 Å². The van der Waals surface area contributed by atoms with Crippen molar-refractivity contribution in [1.29, 1.82) is 0 Å². The van der Waals surface area contributed by atoms with Crippen molar-refractivity contribution in [2.75, 3.05) is 37.6 Å². The summed E-state index contributed by atoms with van der Waals surface area (Å²) >= 11 is 0. The van der Waals surface area contributed by atoms with Gasteiger partial charge in [0.25, 0.3) is 0 Å². The van der Waals surface area contributed by atoms with Crippen molar-refractivity contribution >= 4 is 11.5 Å². The highest BCUT2D eigenvalue weighted by Crippen LogP contribution is 2.29. The summed E-state index contributed by atoms with van der Waals surface area (Å²) in [4.78, 5) is 30.1. The van der Waals surface area contributed by atoms with E-state index in [9.17, 15) is 18.0 Å². The third-order valence-corrected chi connectivity index (χ3v) is 6.89. The highest BCUT2D eigenvalue weighted by Gasteiger charge is 2.31. The predicted octanol–water partition coefficient (Wildman–Crippen LogP) is 4.40. The second-order valence-corrected chi connectivity index (χ2v) is 9.78. The molecule has 0 spiro atoms. The average molecular weight is 551 g/mol. The molecule has 0 radical (unpaired) electrons. The van der Waals surface area contributed by atoms with E-state index < -0.39 is 17.5 Å². The number of anilines is 1. The maximum Gasteiger partial charge on any atom is 0.416 e. The molecule has 0 aliphatic carbocycles. The smallest absolute Gasteiger partial charge is 0.368 e. The van der Waals surface area contributed by atoms with Crippen LogP contribution in [0.25, 0.3) is 16.9 Å². The molecule has 5 rings (SSSR count). The Morgan fingerprint density at radius 3 is 2.58 bits per heavy atom. The van der Waals surface area contributed by atoms with Gasteiger partial charge < -0.3 is 4.90 Å². The lowest BCUT2D eigenvalue weighted by molar-refractivity contribution is -0.137. The lowest BCUT2D eigenvalue weighted by Crippen LogP contribution is -2.46. The van der Waals surface area contributed by atoms with Crippen LogP contribution in [0.5, 0.6) is 0 Å². The van der Waals surface area contributed by atoms with Crippen molar-refractivity contribution in [3.8, 4) is 16.9 Å². The van der Waals surface area contributed by atoms with E-state index in [4.69, 9.17) is 0 Å². The van der Waals surface area contributed by atoms with Gasteiger partial charge in [0.05, 0.1) is 35.0 Å². The lowest BCUT2D eigenvalue weighted by atomic mass is 10.1. The largest absolute Gasteiger partial charge is 0.416 e. The summed E-state index contributed by atoms with van der Waals surface area (Å²) in [6, 6.07) is 5.39. The van der Waals surface area contributed by atoms with Gasteiger partial charge in [-0.3, -0.25) is 24.6 Å². The standard InChI is InChI=1S/C28H29F3N8O/c1-3-6-37-7-9-38(10-8-37)23-13-21(16-32-17-23)25-18-39(36-35-25)26-11-20(15-34-19(26)2)12-27(40)24-14-22(4-5-33-24)28(29,30)31/h4-5,11,13-18H,3,6-10,12H2,1-2H3. The molecule has 0 amide bonds. The van der Waals surface area contributed by atoms with Crippen LogP contribution in [0.1, 0.15) is 40.7 Å². The molecule has 0 atom stereocenters. The molecule has 0 bridgehead atoms. The number of nitrogens with zero attached hydrogens (tertiary/aromatic N) is 8. The van der Waals surface area contributed by atoms with Gasteiger partial charge in [-0.05, 0) is 49.7 Å². The number of carbonyl (C=O) groups excluding carboxylic acids is 1. The Morgan fingerprint density at radius 2 is 1.82 bits per heavy atom. The number of hydrogen-bond acceptors (Lipinski definition) is 8. The zero-order valence-electron chi connectivity index (χ0n) is 22.3. The number of Topliss-reactive ketones (excluding diaryl/α,β-unsaturated/α-hetero) is 1. The van der Waals surface area contributed by atoms with Gasteiger partial charge in [0.2, 0.25) is 0 Å². The van der Waals surface area contributed by atoms with Crippen molar-refractivity contribution in [2.24, 2.45) is 0 Å². The summed E-state index contributed by atoms with van der Waals surface area (Å²) in [7, 11) is 0. The number of pyridine rings is 3. The molecule has 9 nitrogen and oxygen atoms in total. The molecule has 4 aromatic heterocycles. The molecule has 5 heterocycles. The van der Waals surface area contributed by atoms with E-state index in [1.807, 2.05) is 6.20 Å². The highest BCUT2D eigenvalue weighted by atomic mass is 19.4. The zero-order valence-corrected chi connectivity index (χ0v) is 22.3. The Balaban J connectivity index is 1.32. The first kappa shape index (κ1) is 27.4. The summed E-state index contributed by atoms with van der Waals surface area (Å²) in [5.41, 5.74) is 3.11. The van der Waals surface area contributed by atoms with E-state index in [1.165, 1.54) is 6.20 Å². The molecule has 40 heavy (non-hydrogen) atoms. The molecule has 12 heteroatoms. The minimum Gasteiger partial charge on any atom is -0.368 e. The summed E-state index contributed by atoms with van der Waals surface area (Å²) in [5, 5.41) is 8.60. The minimum atomic E-state index is -4.56. The number of carbonyl (C=O) groups is 1. The molecular weight excluding hydrogens is 521 g/mol. The maximum absolute atomic E-state index is 13.1. The van der Waals surface area contributed by atoms with Crippen molar-refractivity contribution in [3.63, 3.8) is 0 Å². The number of ketones is 1. The molecule has 0 aromatic carbocycles. The van der Waals surface area contributed by atoms with Crippen molar-refractivity contribution in [2.45, 2.75) is 32.9 Å². The van der Waals surface area contributed by atoms with Crippen molar-refractivity contribution in [3.05, 3.63) is 77.8 Å². The van der Waals surface area contributed by atoms with Crippen molar-refractivity contribution in [1.82, 2.24) is 34.8 Å². The van der Waals surface area contributed by atoms with Crippen LogP contribution in [0.15, 0.2) is 55.2 Å². The Kier molecular flexibility index (Phi) is 7.88. The van der Waals surface area contributed by atoms with E-state index in [2.05, 4.69) is 48.1 Å². The molecule has 1 aliphatic heterocycles. The Hall–Kier alpha value is -4.19. The first-order valence-electron chi connectivity index (χ1n) is 13.1. The molecule has 1 saturated heterocycles. The van der Waals surface area contributed by atoms with E-state index >= 15 is 0 Å². The second kappa shape index (κ2) is 11.5. The van der Waals surface area contributed by atoms with Gasteiger partial charge in [-0.25, -0.2) is 4.68 Å². The van der Waals surface area contributed by atoms with Crippen LogP contribution >= 0.6 is 0 Å². The molecule has 1 aliphatic rings. The van der Waals surface area contributed by atoms with Gasteiger partial charge in [-0.1, -0.05) is 12.1 Å². The second-order valence-electron chi connectivity index (χ2n) is 9.78. The third-order valence-electron chi connectivity index (χ3n) is 6.89. The van der Waals surface area contributed by atoms with Gasteiger partial charge in [-0.2, -0.15) is 13.2 Å². The van der Waals surface area contributed by atoms with Gasteiger partial charge in [0.1, 0.15) is 11.4 Å². The van der Waals surface area contributed by atoms with Crippen LogP contribution in [-0.4, -0.2) is 73.4 Å². The average Bonchev–Trinajstić information content (AvgIpc) is 3.45. The van der Waals surface area contributed by atoms with Gasteiger partial charge >= 0.3 is 6.18 Å². The summed E-state index contributed by atoms with van der Waals surface area (Å²) in [6.45, 7) is 9.01. The first-order valence-corrected chi connectivity index (χ1v) is 13.1. The van der Waals surface area contributed by atoms with Crippen LogP contribution < -0.4 is 4.90 Å². The number of rotatable bonds is 8. The van der Waals surface area contributed by atoms with Crippen molar-refractivity contribution < 1.29 is 18.0 Å². The fourth-order valence-electron chi connectivity index (χ4n) is 4.73. The molecular formula is C28H29F3N8O. The third kappa shape index (κ3) is 6.17. The predicted molar refractivity (Wildman–Crippen MR) is 143 cm³/mol. The summed E-state index contributed by atoms with van der Waals surface area (Å²) in [5.74, 6) is -0.541. The van der Waals surface area contributed by atoms with Crippen LogP contribution in [0.4, 0.5) is 18.9 Å². The Bertz CT molecular complexity index is 1490. The van der Waals surface area contributed by atoms with E-state index in [1.54, 1.807) is 30.1 Å². The number of aryl methyl sites for hydroxylation is 1. The number of alkyl halides is 3. The topological polar surface area (TPSA) is 92.9 Å². The number of aromatic nitrogens is 6. The molecule has 1 fully saturated rings. The first-order chi connectivity index (χ1) is 19.2. The summed E-state index contributed by atoms with van der Waals surface area (Å²) < 4.78 is 40.7. The van der Waals surface area contributed by atoms with E-state index in [-0.39, 0.29) is 12.1 Å². The number of halogens is 3. The molecule has 0 N–H and O–H groups in total. The van der Waals surface area contributed by atoms with Crippen LogP contribution in [0, 0.1) is 6.92 Å². The Labute approximate surface area is 229 Å². The van der Waals surface area contributed by atoms with Gasteiger partial charge in [0, 0.05) is 56.8 Å². The van der Waals surface area contributed by atoms with E-state index in [0.717, 1.165) is 68.7 Å². The molecule has 0 saturated carbocycles. The quantitative estimate of drug-likeness (QED) is 0.298. The van der Waals surface area contributed by atoms with Gasteiger partial charge in [0.15, 0.2) is 5.78 Å². The van der Waals surface area contributed by atoms with Crippen LogP contribution in [-0.2, 0) is 12.6 Å². The normalized spacial score (nSPS) is 14.5. The van der Waals surface area contributed by atoms with Crippen LogP contribution in [0.2, 0.25) is 0 Å². The summed E-state index contributed by atoms with van der Waals surface area (Å²) in [6.07, 6.45) is 4.31. The molecule has 0 unspecified atom stereocenters. The number of piperazine rings is 1. The maximum atomic E-state index is 13.1. The monoisotopic (exact) mass is 550 g/mol. The Morgan fingerprint density at radius 1 is 1.02 bits per heavy atom. The van der Waals surface area contributed by atoms with Gasteiger partial charge in [-0.15, -0.1) is 5.10 Å². The fraction of sp³-hybridized carbons (Fsp3) is 0.357. The SMILES string of the molecule is CCCN1CCN(c2cncc(-c3cn(-c4cc(CC(=O)c5cc(C(F)(F)F)ccn5)cnc4C)nn3)c2)CC1. The molecule has 208 valence electrons. The number of hydrogen-bond donors (Lipinski definition) is 0. The zero-order chi connectivity index (χ0) is 28.3. The van der Waals surface area contributed by atoms with E-state index in [0.29, 0.717) is 22.6 Å². The lowest BCUT2D eigenvalue weighted by Gasteiger charge is -2.35. The minimum absolute atomic E-state index is 0.159. The fourth-order valence-corrected chi connectivity index (χ4v) is 4.73. The molecule has 4 aromatic rings.